The lowest BCUT2D eigenvalue weighted by atomic mass is 9.96. The number of carbonyl (C=O) groups is 1. The molecule has 1 amide bonds. The molecule has 1 fully saturated rings. The molecule has 1 aliphatic rings. The molecule has 0 radical (unpaired) electrons. The molecular formula is C20H17N3O4. The lowest BCUT2D eigenvalue weighted by Gasteiger charge is -2.29. The Kier molecular flexibility index (Phi) is 3.78. The van der Waals surface area contributed by atoms with Crippen molar-refractivity contribution in [2.45, 2.75) is 18.8 Å². The van der Waals surface area contributed by atoms with Crippen LogP contribution in [0, 0.1) is 0 Å². The number of hydrogen-bond acceptors (Lipinski definition) is 6. The van der Waals surface area contributed by atoms with E-state index in [1.165, 1.54) is 0 Å². The van der Waals surface area contributed by atoms with Crippen molar-refractivity contribution < 1.29 is 18.0 Å². The van der Waals surface area contributed by atoms with Gasteiger partial charge in [0.2, 0.25) is 5.89 Å². The average molecular weight is 363 g/mol. The number of piperidine rings is 1. The molecule has 0 aliphatic carbocycles. The molecule has 7 heteroatoms. The van der Waals surface area contributed by atoms with E-state index in [9.17, 15) is 4.79 Å². The number of nitrogens with zero attached hydrogens (tertiary/aromatic N) is 3. The van der Waals surface area contributed by atoms with Gasteiger partial charge < -0.3 is 18.2 Å². The van der Waals surface area contributed by atoms with Crippen molar-refractivity contribution in [3.8, 4) is 11.5 Å². The van der Waals surface area contributed by atoms with Gasteiger partial charge in [0.1, 0.15) is 11.8 Å². The third kappa shape index (κ3) is 2.91. The van der Waals surface area contributed by atoms with Crippen LogP contribution in [0.5, 0.6) is 0 Å². The van der Waals surface area contributed by atoms with Gasteiger partial charge in [-0.3, -0.25) is 4.79 Å². The molecule has 1 saturated heterocycles. The number of aromatic nitrogens is 2. The second-order valence-electron chi connectivity index (χ2n) is 6.67. The first-order valence-corrected chi connectivity index (χ1v) is 8.92. The van der Waals surface area contributed by atoms with E-state index in [1.54, 1.807) is 24.7 Å². The van der Waals surface area contributed by atoms with Crippen LogP contribution < -0.4 is 0 Å². The Morgan fingerprint density at radius 1 is 1.07 bits per heavy atom. The number of hydrogen-bond donors (Lipinski definition) is 0. The minimum Gasteiger partial charge on any atom is -0.472 e. The maximum Gasteiger partial charge on any atom is 0.289 e. The fourth-order valence-corrected chi connectivity index (χ4v) is 3.48. The lowest BCUT2D eigenvalue weighted by molar-refractivity contribution is 0.0676. The van der Waals surface area contributed by atoms with Crippen LogP contribution in [0.15, 0.2) is 62.2 Å². The van der Waals surface area contributed by atoms with E-state index in [0.717, 1.165) is 29.4 Å². The fraction of sp³-hybridized carbons (Fsp3) is 0.250. The van der Waals surface area contributed by atoms with Crippen molar-refractivity contribution in [1.82, 2.24) is 15.1 Å². The molecule has 0 saturated carbocycles. The molecule has 0 bridgehead atoms. The SMILES string of the molecule is O=C(c1cc2ccccc2o1)N1CCC(c2nnc(-c3ccoc3)o2)CC1. The number of likely N-dealkylation sites (tertiary alicyclic amines) is 1. The third-order valence-corrected chi connectivity index (χ3v) is 4.98. The van der Waals surface area contributed by atoms with Gasteiger partial charge in [-0.1, -0.05) is 18.2 Å². The highest BCUT2D eigenvalue weighted by atomic mass is 16.4. The number of furan rings is 2. The van der Waals surface area contributed by atoms with E-state index in [0.29, 0.717) is 30.6 Å². The molecule has 7 nitrogen and oxygen atoms in total. The molecule has 0 unspecified atom stereocenters. The number of benzene rings is 1. The summed E-state index contributed by atoms with van der Waals surface area (Å²) in [7, 11) is 0. The summed E-state index contributed by atoms with van der Waals surface area (Å²) >= 11 is 0. The molecule has 4 heterocycles. The smallest absolute Gasteiger partial charge is 0.289 e. The topological polar surface area (TPSA) is 85.5 Å². The highest BCUT2D eigenvalue weighted by molar-refractivity contribution is 5.96. The first-order valence-electron chi connectivity index (χ1n) is 8.92. The van der Waals surface area contributed by atoms with Gasteiger partial charge in [0.15, 0.2) is 5.76 Å². The molecule has 5 rings (SSSR count). The quantitative estimate of drug-likeness (QED) is 0.545. The Morgan fingerprint density at radius 3 is 2.70 bits per heavy atom. The monoisotopic (exact) mass is 363 g/mol. The molecule has 4 aromatic rings. The zero-order chi connectivity index (χ0) is 18.2. The van der Waals surface area contributed by atoms with E-state index in [4.69, 9.17) is 13.3 Å². The maximum atomic E-state index is 12.7. The van der Waals surface area contributed by atoms with Gasteiger partial charge in [0, 0.05) is 24.4 Å². The summed E-state index contributed by atoms with van der Waals surface area (Å²) in [5.74, 6) is 1.53. The predicted molar refractivity (Wildman–Crippen MR) is 96.1 cm³/mol. The van der Waals surface area contributed by atoms with Crippen LogP contribution in [-0.4, -0.2) is 34.1 Å². The molecule has 27 heavy (non-hydrogen) atoms. The number of rotatable bonds is 3. The van der Waals surface area contributed by atoms with E-state index in [1.807, 2.05) is 29.2 Å². The standard InChI is InChI=1S/C20H17N3O4/c24-20(17-11-14-3-1-2-4-16(14)26-17)23-8-5-13(6-9-23)18-21-22-19(27-18)15-7-10-25-12-15/h1-4,7,10-13H,5-6,8-9H2. The largest absolute Gasteiger partial charge is 0.472 e. The first kappa shape index (κ1) is 15.9. The summed E-state index contributed by atoms with van der Waals surface area (Å²) in [5, 5.41) is 9.20. The second-order valence-corrected chi connectivity index (χ2v) is 6.67. The van der Waals surface area contributed by atoms with Gasteiger partial charge in [0.25, 0.3) is 11.8 Å². The first-order chi connectivity index (χ1) is 13.3. The van der Waals surface area contributed by atoms with Gasteiger partial charge in [-0.15, -0.1) is 10.2 Å². The predicted octanol–water partition coefficient (Wildman–Crippen LogP) is 4.10. The minimum absolute atomic E-state index is 0.0748. The molecule has 1 aromatic carbocycles. The summed E-state index contributed by atoms with van der Waals surface area (Å²) in [6, 6.07) is 11.2. The van der Waals surface area contributed by atoms with Crippen LogP contribution in [0.2, 0.25) is 0 Å². The number of amides is 1. The summed E-state index contributed by atoms with van der Waals surface area (Å²) < 4.78 is 16.5. The Morgan fingerprint density at radius 2 is 1.93 bits per heavy atom. The highest BCUT2D eigenvalue weighted by Crippen LogP contribution is 2.30. The Labute approximate surface area is 154 Å². The fourth-order valence-electron chi connectivity index (χ4n) is 3.48. The minimum atomic E-state index is -0.0748. The van der Waals surface area contributed by atoms with Crippen LogP contribution in [0.4, 0.5) is 0 Å². The summed E-state index contributed by atoms with van der Waals surface area (Å²) in [4.78, 5) is 14.6. The maximum absolute atomic E-state index is 12.7. The van der Waals surface area contributed by atoms with E-state index in [2.05, 4.69) is 10.2 Å². The van der Waals surface area contributed by atoms with Crippen molar-refractivity contribution in [2.24, 2.45) is 0 Å². The van der Waals surface area contributed by atoms with Gasteiger partial charge >= 0.3 is 0 Å². The van der Waals surface area contributed by atoms with Crippen molar-refractivity contribution in [3.05, 3.63) is 60.6 Å². The zero-order valence-electron chi connectivity index (χ0n) is 14.5. The summed E-state index contributed by atoms with van der Waals surface area (Å²) in [6.45, 7) is 1.26. The van der Waals surface area contributed by atoms with Gasteiger partial charge in [0.05, 0.1) is 11.8 Å². The van der Waals surface area contributed by atoms with Crippen molar-refractivity contribution in [2.75, 3.05) is 13.1 Å². The van der Waals surface area contributed by atoms with Crippen LogP contribution in [-0.2, 0) is 0 Å². The van der Waals surface area contributed by atoms with E-state index >= 15 is 0 Å². The molecule has 136 valence electrons. The Bertz CT molecular complexity index is 1040. The molecule has 1 aliphatic heterocycles. The molecule has 0 spiro atoms. The van der Waals surface area contributed by atoms with Crippen LogP contribution in [0.1, 0.15) is 35.2 Å². The average Bonchev–Trinajstić information content (AvgIpc) is 3.47. The van der Waals surface area contributed by atoms with Gasteiger partial charge in [-0.25, -0.2) is 0 Å². The molecule has 0 atom stereocenters. The normalized spacial score (nSPS) is 15.5. The molecule has 0 N–H and O–H groups in total. The van der Waals surface area contributed by atoms with Crippen molar-refractivity contribution in [3.63, 3.8) is 0 Å². The van der Waals surface area contributed by atoms with Gasteiger partial charge in [-0.05, 0) is 31.0 Å². The van der Waals surface area contributed by atoms with Gasteiger partial charge in [-0.2, -0.15) is 0 Å². The highest BCUT2D eigenvalue weighted by Gasteiger charge is 2.29. The number of para-hydroxylation sites is 1. The van der Waals surface area contributed by atoms with Crippen LogP contribution in [0.25, 0.3) is 22.4 Å². The van der Waals surface area contributed by atoms with Crippen molar-refractivity contribution in [1.29, 1.82) is 0 Å². The Hall–Kier alpha value is -3.35. The van der Waals surface area contributed by atoms with Crippen LogP contribution >= 0.6 is 0 Å². The molecule has 3 aromatic heterocycles. The van der Waals surface area contributed by atoms with E-state index in [-0.39, 0.29) is 11.8 Å². The van der Waals surface area contributed by atoms with Crippen molar-refractivity contribution >= 4 is 16.9 Å². The second kappa shape index (κ2) is 6.42. The summed E-state index contributed by atoms with van der Waals surface area (Å²) in [5.41, 5.74) is 1.50. The van der Waals surface area contributed by atoms with Crippen LogP contribution in [0.3, 0.4) is 0 Å². The zero-order valence-corrected chi connectivity index (χ0v) is 14.5. The van der Waals surface area contributed by atoms with E-state index < -0.39 is 0 Å². The number of carbonyl (C=O) groups excluding carboxylic acids is 1. The lowest BCUT2D eigenvalue weighted by Crippen LogP contribution is -2.37. The third-order valence-electron chi connectivity index (χ3n) is 4.98. The Balaban J connectivity index is 1.26. The summed E-state index contributed by atoms with van der Waals surface area (Å²) in [6.07, 6.45) is 4.70. The number of fused-ring (bicyclic) bond motifs is 1. The molecular weight excluding hydrogens is 346 g/mol.